The Morgan fingerprint density at radius 2 is 2.22 bits per heavy atom. The van der Waals surface area contributed by atoms with Gasteiger partial charge in [0.15, 0.2) is 0 Å². The van der Waals surface area contributed by atoms with Crippen molar-refractivity contribution in [3.63, 3.8) is 0 Å². The molecule has 0 aromatic carbocycles. The Labute approximate surface area is 109 Å². The van der Waals surface area contributed by atoms with E-state index in [1.165, 1.54) is 18.5 Å². The molecule has 3 rings (SSSR count). The van der Waals surface area contributed by atoms with Crippen molar-refractivity contribution in [3.05, 3.63) is 18.0 Å². The van der Waals surface area contributed by atoms with Crippen LogP contribution in [0.4, 0.5) is 0 Å². The Morgan fingerprint density at radius 1 is 1.44 bits per heavy atom. The largest absolute Gasteiger partial charge is 0.381 e. The molecule has 4 nitrogen and oxygen atoms in total. The van der Waals surface area contributed by atoms with Crippen molar-refractivity contribution >= 4 is 0 Å². The molecule has 18 heavy (non-hydrogen) atoms. The van der Waals surface area contributed by atoms with Crippen molar-refractivity contribution in [2.75, 3.05) is 19.8 Å². The van der Waals surface area contributed by atoms with Gasteiger partial charge in [-0.15, -0.1) is 0 Å². The van der Waals surface area contributed by atoms with Crippen LogP contribution in [0.1, 0.15) is 31.4 Å². The van der Waals surface area contributed by atoms with Crippen molar-refractivity contribution < 1.29 is 4.74 Å². The smallest absolute Gasteiger partial charge is 0.0630 e. The van der Waals surface area contributed by atoms with Gasteiger partial charge in [-0.05, 0) is 43.6 Å². The molecule has 1 saturated heterocycles. The molecule has 0 unspecified atom stereocenters. The van der Waals surface area contributed by atoms with E-state index in [0.29, 0.717) is 5.41 Å². The molecule has 1 saturated carbocycles. The van der Waals surface area contributed by atoms with E-state index in [9.17, 15) is 0 Å². The molecule has 0 radical (unpaired) electrons. The van der Waals surface area contributed by atoms with Crippen LogP contribution >= 0.6 is 0 Å². The summed E-state index contributed by atoms with van der Waals surface area (Å²) in [6.07, 6.45) is 8.15. The molecular weight excluding hydrogens is 226 g/mol. The van der Waals surface area contributed by atoms with Gasteiger partial charge in [-0.1, -0.05) is 0 Å². The predicted octanol–water partition coefficient (Wildman–Crippen LogP) is 1.51. The average molecular weight is 249 g/mol. The highest BCUT2D eigenvalue weighted by Gasteiger charge is 2.35. The fourth-order valence-corrected chi connectivity index (χ4v) is 2.81. The second kappa shape index (κ2) is 5.02. The Morgan fingerprint density at radius 3 is 2.83 bits per heavy atom. The summed E-state index contributed by atoms with van der Waals surface area (Å²) in [5, 5.41) is 8.24. The number of rotatable bonds is 5. The fraction of sp³-hybridized carbons (Fsp3) is 0.786. The van der Waals surface area contributed by atoms with Gasteiger partial charge in [0.05, 0.1) is 5.69 Å². The third kappa shape index (κ3) is 2.93. The summed E-state index contributed by atoms with van der Waals surface area (Å²) in [4.78, 5) is 0. The van der Waals surface area contributed by atoms with Crippen LogP contribution in [0, 0.1) is 5.41 Å². The monoisotopic (exact) mass is 249 g/mol. The SMILES string of the molecule is Cn1ccc(CC2(CNC3CC3)CCOCC2)n1. The highest BCUT2D eigenvalue weighted by atomic mass is 16.5. The molecule has 2 fully saturated rings. The molecule has 0 bridgehead atoms. The van der Waals surface area contributed by atoms with Crippen molar-refractivity contribution in [3.8, 4) is 0 Å². The first kappa shape index (κ1) is 12.2. The summed E-state index contributed by atoms with van der Waals surface area (Å²) < 4.78 is 7.44. The number of hydrogen-bond donors (Lipinski definition) is 1. The standard InChI is InChI=1S/C14H23N3O/c1-17-7-4-13(16-17)10-14(5-8-18-9-6-14)11-15-12-2-3-12/h4,7,12,15H,2-3,5-6,8-11H2,1H3. The molecule has 0 spiro atoms. The summed E-state index contributed by atoms with van der Waals surface area (Å²) >= 11 is 0. The van der Waals surface area contributed by atoms with E-state index in [2.05, 4.69) is 16.5 Å². The number of aryl methyl sites for hydroxylation is 1. The Kier molecular flexibility index (Phi) is 3.39. The van der Waals surface area contributed by atoms with Crippen LogP contribution in [0.15, 0.2) is 12.3 Å². The predicted molar refractivity (Wildman–Crippen MR) is 70.4 cm³/mol. The molecule has 0 atom stereocenters. The van der Waals surface area contributed by atoms with Crippen LogP contribution in [0.2, 0.25) is 0 Å². The summed E-state index contributed by atoms with van der Waals surface area (Å²) in [6.45, 7) is 2.93. The Balaban J connectivity index is 1.66. The van der Waals surface area contributed by atoms with Crippen molar-refractivity contribution in [2.45, 2.75) is 38.1 Å². The van der Waals surface area contributed by atoms with E-state index in [4.69, 9.17) is 4.74 Å². The lowest BCUT2D eigenvalue weighted by Gasteiger charge is -2.37. The van der Waals surface area contributed by atoms with Crippen LogP contribution < -0.4 is 5.32 Å². The first-order chi connectivity index (χ1) is 8.76. The topological polar surface area (TPSA) is 39.1 Å². The summed E-state index contributed by atoms with van der Waals surface area (Å²) in [5.74, 6) is 0. The zero-order valence-corrected chi connectivity index (χ0v) is 11.2. The number of hydrogen-bond acceptors (Lipinski definition) is 3. The summed E-state index contributed by atoms with van der Waals surface area (Å²) in [7, 11) is 1.99. The van der Waals surface area contributed by atoms with E-state index in [1.807, 2.05) is 17.9 Å². The van der Waals surface area contributed by atoms with E-state index in [0.717, 1.165) is 45.1 Å². The quantitative estimate of drug-likeness (QED) is 0.860. The van der Waals surface area contributed by atoms with Gasteiger partial charge in [0.2, 0.25) is 0 Å². The molecule has 1 aromatic heterocycles. The lowest BCUT2D eigenvalue weighted by molar-refractivity contribution is 0.0142. The second-order valence-electron chi connectivity index (χ2n) is 5.93. The number of aromatic nitrogens is 2. The molecule has 1 aliphatic carbocycles. The van der Waals surface area contributed by atoms with Gasteiger partial charge in [0, 0.05) is 39.0 Å². The van der Waals surface area contributed by atoms with E-state index >= 15 is 0 Å². The van der Waals surface area contributed by atoms with Crippen LogP contribution in [-0.4, -0.2) is 35.6 Å². The lowest BCUT2D eigenvalue weighted by atomic mass is 9.76. The van der Waals surface area contributed by atoms with Gasteiger partial charge in [-0.25, -0.2) is 0 Å². The van der Waals surface area contributed by atoms with Crippen molar-refractivity contribution in [1.82, 2.24) is 15.1 Å². The van der Waals surface area contributed by atoms with Crippen molar-refractivity contribution in [2.24, 2.45) is 12.5 Å². The van der Waals surface area contributed by atoms with Gasteiger partial charge in [-0.2, -0.15) is 5.10 Å². The summed E-state index contributed by atoms with van der Waals surface area (Å²) in [5.41, 5.74) is 1.58. The zero-order chi connectivity index (χ0) is 12.4. The fourth-order valence-electron chi connectivity index (χ4n) is 2.81. The van der Waals surface area contributed by atoms with Crippen molar-refractivity contribution in [1.29, 1.82) is 0 Å². The number of ether oxygens (including phenoxy) is 1. The molecule has 1 N–H and O–H groups in total. The first-order valence-corrected chi connectivity index (χ1v) is 7.05. The van der Waals surface area contributed by atoms with E-state index in [1.54, 1.807) is 0 Å². The van der Waals surface area contributed by atoms with Gasteiger partial charge < -0.3 is 10.1 Å². The van der Waals surface area contributed by atoms with Gasteiger partial charge >= 0.3 is 0 Å². The molecule has 4 heteroatoms. The summed E-state index contributed by atoms with van der Waals surface area (Å²) in [6, 6.07) is 2.93. The van der Waals surface area contributed by atoms with Gasteiger partial charge in [0.25, 0.3) is 0 Å². The third-order valence-corrected chi connectivity index (χ3v) is 4.22. The van der Waals surface area contributed by atoms with Crippen LogP contribution in [-0.2, 0) is 18.2 Å². The maximum Gasteiger partial charge on any atom is 0.0630 e. The molecule has 2 heterocycles. The molecule has 0 amide bonds. The lowest BCUT2D eigenvalue weighted by Crippen LogP contribution is -2.41. The maximum atomic E-state index is 5.54. The minimum atomic E-state index is 0.356. The molecule has 2 aliphatic rings. The van der Waals surface area contributed by atoms with Crippen LogP contribution in [0.25, 0.3) is 0 Å². The number of nitrogens with zero attached hydrogens (tertiary/aromatic N) is 2. The highest BCUT2D eigenvalue weighted by Crippen LogP contribution is 2.34. The highest BCUT2D eigenvalue weighted by molar-refractivity contribution is 5.05. The minimum absolute atomic E-state index is 0.356. The molecular formula is C14H23N3O. The molecule has 1 aromatic rings. The molecule has 100 valence electrons. The third-order valence-electron chi connectivity index (χ3n) is 4.22. The van der Waals surface area contributed by atoms with Crippen LogP contribution in [0.3, 0.4) is 0 Å². The Bertz CT molecular complexity index is 391. The van der Waals surface area contributed by atoms with Gasteiger partial charge in [-0.3, -0.25) is 4.68 Å². The van der Waals surface area contributed by atoms with Crippen LogP contribution in [0.5, 0.6) is 0 Å². The molecule has 1 aliphatic heterocycles. The van der Waals surface area contributed by atoms with Gasteiger partial charge in [0.1, 0.15) is 0 Å². The number of nitrogens with one attached hydrogen (secondary N) is 1. The normalized spacial score (nSPS) is 23.2. The first-order valence-electron chi connectivity index (χ1n) is 7.05. The minimum Gasteiger partial charge on any atom is -0.381 e. The second-order valence-corrected chi connectivity index (χ2v) is 5.93. The Hall–Kier alpha value is -0.870. The maximum absolute atomic E-state index is 5.54. The zero-order valence-electron chi connectivity index (χ0n) is 11.2. The average Bonchev–Trinajstić information content (AvgIpc) is 3.12. The van der Waals surface area contributed by atoms with E-state index < -0.39 is 0 Å². The van der Waals surface area contributed by atoms with E-state index in [-0.39, 0.29) is 0 Å².